The van der Waals surface area contributed by atoms with Gasteiger partial charge in [-0.25, -0.2) is 4.39 Å². The lowest BCUT2D eigenvalue weighted by Crippen LogP contribution is -2.36. The molecule has 0 radical (unpaired) electrons. The highest BCUT2D eigenvalue weighted by molar-refractivity contribution is 7.98. The second kappa shape index (κ2) is 6.37. The summed E-state index contributed by atoms with van der Waals surface area (Å²) in [6, 6.07) is 5.71. The molecule has 0 fully saturated rings. The highest BCUT2D eigenvalue weighted by Gasteiger charge is 2.15. The molecule has 16 heavy (non-hydrogen) atoms. The zero-order chi connectivity index (χ0) is 12.0. The topological polar surface area (TPSA) is 55.1 Å². The van der Waals surface area contributed by atoms with Gasteiger partial charge in [0.15, 0.2) is 0 Å². The molecule has 0 aliphatic rings. The number of para-hydroxylation sites is 1. The van der Waals surface area contributed by atoms with Crippen molar-refractivity contribution in [2.24, 2.45) is 5.73 Å². The van der Waals surface area contributed by atoms with Crippen LogP contribution in [0.2, 0.25) is 0 Å². The maximum Gasteiger partial charge on any atom is 0.239 e. The van der Waals surface area contributed by atoms with Crippen LogP contribution in [-0.2, 0) is 4.79 Å². The van der Waals surface area contributed by atoms with Gasteiger partial charge in [0.1, 0.15) is 11.9 Å². The number of hydrogen-bond acceptors (Lipinski definition) is 3. The standard InChI is InChI=1S/C11H15FN2OS/c1-16-7-6-10(11(13)15)14-9-5-3-2-4-8(9)12/h2-5,10,14H,6-7H2,1H3,(H2,13,15). The summed E-state index contributed by atoms with van der Waals surface area (Å²) in [6.07, 6.45) is 2.53. The molecule has 0 bridgehead atoms. The molecule has 1 aromatic rings. The van der Waals surface area contributed by atoms with E-state index in [0.717, 1.165) is 5.75 Å². The van der Waals surface area contributed by atoms with Crippen molar-refractivity contribution in [3.63, 3.8) is 0 Å². The first-order chi connectivity index (χ1) is 7.65. The molecule has 1 unspecified atom stereocenters. The summed E-state index contributed by atoms with van der Waals surface area (Å²) < 4.78 is 13.3. The van der Waals surface area contributed by atoms with Gasteiger partial charge in [-0.15, -0.1) is 0 Å². The molecule has 0 aromatic heterocycles. The van der Waals surface area contributed by atoms with Gasteiger partial charge in [-0.05, 0) is 30.6 Å². The van der Waals surface area contributed by atoms with Crippen molar-refractivity contribution in [2.75, 3.05) is 17.3 Å². The number of anilines is 1. The van der Waals surface area contributed by atoms with Crippen LogP contribution in [0.3, 0.4) is 0 Å². The van der Waals surface area contributed by atoms with Gasteiger partial charge in [0.25, 0.3) is 0 Å². The summed E-state index contributed by atoms with van der Waals surface area (Å²) in [6.45, 7) is 0. The van der Waals surface area contributed by atoms with Gasteiger partial charge in [0, 0.05) is 0 Å². The van der Waals surface area contributed by atoms with Crippen molar-refractivity contribution in [1.29, 1.82) is 0 Å². The molecule has 5 heteroatoms. The highest BCUT2D eigenvalue weighted by Crippen LogP contribution is 2.15. The van der Waals surface area contributed by atoms with E-state index in [9.17, 15) is 9.18 Å². The van der Waals surface area contributed by atoms with Crippen LogP contribution in [-0.4, -0.2) is 24.0 Å². The second-order valence-corrected chi connectivity index (χ2v) is 4.35. The van der Waals surface area contributed by atoms with Crippen molar-refractivity contribution < 1.29 is 9.18 Å². The molecule has 1 aromatic carbocycles. The van der Waals surface area contributed by atoms with E-state index in [1.165, 1.54) is 6.07 Å². The number of nitrogens with two attached hydrogens (primary N) is 1. The molecule has 1 atom stereocenters. The van der Waals surface area contributed by atoms with Gasteiger partial charge < -0.3 is 11.1 Å². The van der Waals surface area contributed by atoms with E-state index in [2.05, 4.69) is 5.32 Å². The Morgan fingerprint density at radius 2 is 2.25 bits per heavy atom. The lowest BCUT2D eigenvalue weighted by Gasteiger charge is -2.16. The number of primary amides is 1. The Labute approximate surface area is 98.6 Å². The zero-order valence-electron chi connectivity index (χ0n) is 9.07. The number of rotatable bonds is 6. The van der Waals surface area contributed by atoms with E-state index in [1.807, 2.05) is 6.26 Å². The Morgan fingerprint density at radius 3 is 2.81 bits per heavy atom. The third kappa shape index (κ3) is 3.73. The molecule has 0 aliphatic carbocycles. The van der Waals surface area contributed by atoms with Crippen molar-refractivity contribution >= 4 is 23.4 Å². The Morgan fingerprint density at radius 1 is 1.56 bits per heavy atom. The number of carbonyl (C=O) groups excluding carboxylic acids is 1. The Kier molecular flexibility index (Phi) is 5.11. The quantitative estimate of drug-likeness (QED) is 0.800. The average Bonchev–Trinajstić information content (AvgIpc) is 2.26. The van der Waals surface area contributed by atoms with Gasteiger partial charge in [-0.2, -0.15) is 11.8 Å². The molecule has 88 valence electrons. The van der Waals surface area contributed by atoms with E-state index in [4.69, 9.17) is 5.73 Å². The molecule has 0 saturated heterocycles. The third-order valence-corrected chi connectivity index (χ3v) is 2.80. The van der Waals surface area contributed by atoms with Gasteiger partial charge in [0.05, 0.1) is 5.69 Å². The number of halogens is 1. The van der Waals surface area contributed by atoms with E-state index < -0.39 is 11.9 Å². The summed E-state index contributed by atoms with van der Waals surface area (Å²) in [5.41, 5.74) is 5.55. The fourth-order valence-corrected chi connectivity index (χ4v) is 1.76. The molecule has 1 amide bonds. The van der Waals surface area contributed by atoms with Crippen LogP contribution >= 0.6 is 11.8 Å². The Balaban J connectivity index is 2.68. The van der Waals surface area contributed by atoms with Crippen LogP contribution in [0.1, 0.15) is 6.42 Å². The van der Waals surface area contributed by atoms with Gasteiger partial charge in [0.2, 0.25) is 5.91 Å². The minimum Gasteiger partial charge on any atom is -0.371 e. The minimum atomic E-state index is -0.524. The van der Waals surface area contributed by atoms with Crippen LogP contribution in [0.4, 0.5) is 10.1 Å². The highest BCUT2D eigenvalue weighted by atomic mass is 32.2. The van der Waals surface area contributed by atoms with Crippen LogP contribution in [0.15, 0.2) is 24.3 Å². The number of nitrogens with one attached hydrogen (secondary N) is 1. The number of amides is 1. The molecule has 0 heterocycles. The molecular formula is C11H15FN2OS. The maximum absolute atomic E-state index is 13.3. The van der Waals surface area contributed by atoms with Crippen molar-refractivity contribution in [2.45, 2.75) is 12.5 Å². The molecule has 0 saturated carbocycles. The van der Waals surface area contributed by atoms with Gasteiger partial charge in [-0.3, -0.25) is 4.79 Å². The van der Waals surface area contributed by atoms with Gasteiger partial charge >= 0.3 is 0 Å². The predicted octanol–water partition coefficient (Wildman–Crippen LogP) is 1.84. The van der Waals surface area contributed by atoms with Gasteiger partial charge in [-0.1, -0.05) is 12.1 Å². The average molecular weight is 242 g/mol. The first-order valence-corrected chi connectivity index (χ1v) is 6.34. The molecular weight excluding hydrogens is 227 g/mol. The lowest BCUT2D eigenvalue weighted by molar-refractivity contribution is -0.118. The predicted molar refractivity (Wildman–Crippen MR) is 66.0 cm³/mol. The van der Waals surface area contributed by atoms with E-state index in [1.54, 1.807) is 30.0 Å². The number of hydrogen-bond donors (Lipinski definition) is 2. The van der Waals surface area contributed by atoms with Crippen LogP contribution in [0.25, 0.3) is 0 Å². The fourth-order valence-electron chi connectivity index (χ4n) is 1.29. The first-order valence-electron chi connectivity index (χ1n) is 4.94. The van der Waals surface area contributed by atoms with E-state index >= 15 is 0 Å². The largest absolute Gasteiger partial charge is 0.371 e. The SMILES string of the molecule is CSCCC(Nc1ccccc1F)C(N)=O. The smallest absolute Gasteiger partial charge is 0.239 e. The second-order valence-electron chi connectivity index (χ2n) is 3.36. The van der Waals surface area contributed by atoms with Crippen molar-refractivity contribution in [1.82, 2.24) is 0 Å². The summed E-state index contributed by atoms with van der Waals surface area (Å²) in [4.78, 5) is 11.1. The number of benzene rings is 1. The Bertz CT molecular complexity index is 360. The summed E-state index contributed by atoms with van der Waals surface area (Å²) >= 11 is 1.62. The zero-order valence-corrected chi connectivity index (χ0v) is 9.89. The third-order valence-electron chi connectivity index (χ3n) is 2.16. The van der Waals surface area contributed by atoms with Crippen molar-refractivity contribution in [3.8, 4) is 0 Å². The summed E-state index contributed by atoms with van der Waals surface area (Å²) in [5.74, 6) is -0.0371. The van der Waals surface area contributed by atoms with Crippen LogP contribution in [0, 0.1) is 5.82 Å². The van der Waals surface area contributed by atoms with E-state index in [0.29, 0.717) is 12.1 Å². The molecule has 0 aliphatic heterocycles. The fraction of sp³-hybridized carbons (Fsp3) is 0.364. The Hall–Kier alpha value is -1.23. The maximum atomic E-state index is 13.3. The number of thioether (sulfide) groups is 1. The summed E-state index contributed by atoms with van der Waals surface area (Å²) in [5, 5.41) is 2.82. The molecule has 3 nitrogen and oxygen atoms in total. The first kappa shape index (κ1) is 12.8. The van der Waals surface area contributed by atoms with E-state index in [-0.39, 0.29) is 5.82 Å². The monoisotopic (exact) mass is 242 g/mol. The van der Waals surface area contributed by atoms with Crippen LogP contribution in [0.5, 0.6) is 0 Å². The number of carbonyl (C=O) groups is 1. The lowest BCUT2D eigenvalue weighted by atomic mass is 10.2. The molecule has 3 N–H and O–H groups in total. The minimum absolute atomic E-state index is 0.312. The molecule has 1 rings (SSSR count). The van der Waals surface area contributed by atoms with Crippen LogP contribution < -0.4 is 11.1 Å². The summed E-state index contributed by atoms with van der Waals surface area (Å²) in [7, 11) is 0. The normalized spacial score (nSPS) is 12.1. The van der Waals surface area contributed by atoms with Crippen molar-refractivity contribution in [3.05, 3.63) is 30.1 Å². The molecule has 0 spiro atoms.